The monoisotopic (exact) mass is 1700 g/mol. The van der Waals surface area contributed by atoms with E-state index in [2.05, 4.69) is 541 Å². The molecule has 0 unspecified atom stereocenters. The molecule has 134 heavy (non-hydrogen) atoms. The first kappa shape index (κ1) is 78.5. The molecule has 0 spiro atoms. The maximum Gasteiger partial charge on any atom is 0.0541 e. The van der Waals surface area contributed by atoms with Crippen LogP contribution >= 0.6 is 0 Å². The van der Waals surface area contributed by atoms with E-state index in [1.54, 1.807) is 0 Å². The third kappa shape index (κ3) is 14.1. The Morgan fingerprint density at radius 1 is 0.112 bits per heavy atom. The predicted octanol–water partition coefficient (Wildman–Crippen LogP) is 36.2. The van der Waals surface area contributed by atoms with Crippen LogP contribution in [0.1, 0.15) is 0 Å². The summed E-state index contributed by atoms with van der Waals surface area (Å²) in [5.74, 6) is 0. The van der Waals surface area contributed by atoms with Gasteiger partial charge in [-0.1, -0.05) is 394 Å². The SMILES string of the molecule is c1cc(N(c2ccc(-c3ccc(-c4ccc5ccccc5c4)cc3)cc2)c2ccc(-c3ccc4c5ccccc5c5ccccc5c4c3)cc2)cc(-n2c3ccccc3c3ccccc32)c1.c1ccc(-c2ccc(-c3ccc(N(c4ccc(-c5ccc(-c6ccc7c8ccccc8c8ccccc8c7c6)cc5)cc4)c4cccc(-n5c6ccccc6c6ccccc65)c4)cc3)cc2)cc1. The molecule has 0 saturated heterocycles. The van der Waals surface area contributed by atoms with Gasteiger partial charge in [0.15, 0.2) is 0 Å². The predicted molar refractivity (Wildman–Crippen MR) is 572 cm³/mol. The smallest absolute Gasteiger partial charge is 0.0541 e. The molecule has 0 fully saturated rings. The van der Waals surface area contributed by atoms with Crippen molar-refractivity contribution >= 4 is 153 Å². The molecule has 0 aliphatic rings. The van der Waals surface area contributed by atoms with Crippen molar-refractivity contribution in [1.82, 2.24) is 9.13 Å². The average molecular weight is 1700 g/mol. The van der Waals surface area contributed by atoms with E-state index >= 15 is 0 Å². The Labute approximate surface area is 777 Å². The Hall–Kier alpha value is -17.7. The summed E-state index contributed by atoms with van der Waals surface area (Å²) in [4.78, 5) is 4.76. The molecule has 2 heterocycles. The van der Waals surface area contributed by atoms with Gasteiger partial charge in [0.1, 0.15) is 0 Å². The summed E-state index contributed by atoms with van der Waals surface area (Å²) in [6.07, 6.45) is 0. The molecule has 626 valence electrons. The Morgan fingerprint density at radius 3 is 0.642 bits per heavy atom. The van der Waals surface area contributed by atoms with Crippen molar-refractivity contribution in [2.75, 3.05) is 9.80 Å². The zero-order valence-electron chi connectivity index (χ0n) is 73.4. The molecule has 4 heteroatoms. The summed E-state index contributed by atoms with van der Waals surface area (Å²) in [6, 6.07) is 191. The summed E-state index contributed by atoms with van der Waals surface area (Å²) in [6.45, 7) is 0. The summed E-state index contributed by atoms with van der Waals surface area (Å²) < 4.78 is 4.79. The molecular formula is C130H86N4. The minimum atomic E-state index is 1.08. The highest BCUT2D eigenvalue weighted by molar-refractivity contribution is 6.27. The van der Waals surface area contributed by atoms with Gasteiger partial charge in [-0.15, -0.1) is 0 Å². The van der Waals surface area contributed by atoms with Crippen LogP contribution in [-0.4, -0.2) is 9.13 Å². The molecule has 24 aromatic carbocycles. The van der Waals surface area contributed by atoms with Gasteiger partial charge in [-0.05, 0) is 281 Å². The van der Waals surface area contributed by atoms with Crippen LogP contribution in [0.15, 0.2) is 522 Å². The van der Waals surface area contributed by atoms with Gasteiger partial charge in [0.25, 0.3) is 0 Å². The van der Waals surface area contributed by atoms with Crippen LogP contribution in [0, 0.1) is 0 Å². The van der Waals surface area contributed by atoms with Crippen molar-refractivity contribution in [3.63, 3.8) is 0 Å². The number of hydrogen-bond donors (Lipinski definition) is 0. The van der Waals surface area contributed by atoms with Crippen molar-refractivity contribution < 1.29 is 0 Å². The van der Waals surface area contributed by atoms with Gasteiger partial charge in [0.05, 0.1) is 22.1 Å². The summed E-state index contributed by atoms with van der Waals surface area (Å²) in [7, 11) is 0. The van der Waals surface area contributed by atoms with Crippen molar-refractivity contribution in [2.45, 2.75) is 0 Å². The lowest BCUT2D eigenvalue weighted by atomic mass is 9.92. The van der Waals surface area contributed by atoms with Gasteiger partial charge in [-0.3, -0.25) is 0 Å². The minimum absolute atomic E-state index is 1.08. The highest BCUT2D eigenvalue weighted by atomic mass is 15.2. The fraction of sp³-hybridized carbons (Fsp3) is 0. The highest BCUT2D eigenvalue weighted by Crippen LogP contribution is 2.46. The Balaban J connectivity index is 0.000000143. The molecule has 0 N–H and O–H groups in total. The zero-order chi connectivity index (χ0) is 88.5. The summed E-state index contributed by atoms with van der Waals surface area (Å²) >= 11 is 0. The molecule has 0 atom stereocenters. The van der Waals surface area contributed by atoms with Gasteiger partial charge in [-0.2, -0.15) is 0 Å². The number of nitrogens with zero attached hydrogens (tertiary/aromatic N) is 4. The molecule has 0 radical (unpaired) electrons. The summed E-state index contributed by atoms with van der Waals surface area (Å²) in [5.41, 5.74) is 30.3. The maximum atomic E-state index is 2.40. The van der Waals surface area contributed by atoms with E-state index in [9.17, 15) is 0 Å². The zero-order valence-corrected chi connectivity index (χ0v) is 73.4. The van der Waals surface area contributed by atoms with E-state index in [0.29, 0.717) is 0 Å². The molecule has 26 aromatic rings. The van der Waals surface area contributed by atoms with Crippen molar-refractivity contribution in [3.8, 4) is 89.3 Å². The van der Waals surface area contributed by atoms with E-state index in [1.807, 2.05) is 0 Å². The minimum Gasteiger partial charge on any atom is -0.310 e. The number of para-hydroxylation sites is 4. The Morgan fingerprint density at radius 2 is 0.328 bits per heavy atom. The third-order valence-electron chi connectivity index (χ3n) is 27.4. The molecule has 0 saturated carbocycles. The van der Waals surface area contributed by atoms with Crippen LogP contribution in [0.5, 0.6) is 0 Å². The quantitative estimate of drug-likeness (QED) is 0.0951. The van der Waals surface area contributed by atoms with Crippen LogP contribution in [0.25, 0.3) is 208 Å². The Kier molecular flexibility index (Phi) is 19.6. The van der Waals surface area contributed by atoms with Crippen LogP contribution in [0.3, 0.4) is 0 Å². The molecule has 0 aliphatic heterocycles. The standard InChI is InChI=1S/C66H44N2.C64H42N2/c1-2-13-45(14-3-1)46-25-27-47(28-26-46)49-33-38-53(39-34-49)67(55-15-12-16-56(44-55)68-65-23-10-8-21-62(65)63-22-9-11-24-66(63)68)54-40-35-50(36-41-54)48-29-31-51(32-30-48)52-37-42-61-59-19-5-4-17-57(59)58-18-6-7-20-60(58)64(61)43-52;1-2-13-48-40-49(29-28-43(48)12-1)46-26-24-44(25-27-46)45-30-35-51(36-31-45)65(53-14-11-15-54(42-53)66-63-22-9-7-20-60(63)61-21-8-10-23-64(61)66)52-37-32-47(33-38-52)50-34-39-59-57-18-4-3-16-55(57)56-17-5-6-19-58(56)62(59)41-50/h1-44H;1-42H. The largest absolute Gasteiger partial charge is 0.310 e. The van der Waals surface area contributed by atoms with Crippen LogP contribution in [-0.2, 0) is 0 Å². The third-order valence-corrected chi connectivity index (χ3v) is 27.4. The van der Waals surface area contributed by atoms with Crippen molar-refractivity contribution in [3.05, 3.63) is 522 Å². The fourth-order valence-electron chi connectivity index (χ4n) is 20.8. The molecule has 0 aliphatic carbocycles. The molecular weight excluding hydrogens is 1620 g/mol. The molecule has 2 aromatic heterocycles. The van der Waals surface area contributed by atoms with Crippen LogP contribution < -0.4 is 9.80 Å². The van der Waals surface area contributed by atoms with E-state index in [0.717, 1.165) is 45.5 Å². The number of rotatable bonds is 15. The second-order valence-corrected chi connectivity index (χ2v) is 35.0. The number of aromatic nitrogens is 2. The normalized spacial score (nSPS) is 11.6. The lowest BCUT2D eigenvalue weighted by Gasteiger charge is -2.26. The highest BCUT2D eigenvalue weighted by Gasteiger charge is 2.22. The van der Waals surface area contributed by atoms with E-state index in [4.69, 9.17) is 0 Å². The maximum absolute atomic E-state index is 2.40. The van der Waals surface area contributed by atoms with Gasteiger partial charge in [-0.25, -0.2) is 0 Å². The second-order valence-electron chi connectivity index (χ2n) is 35.0. The molecule has 4 nitrogen and oxygen atoms in total. The molecule has 0 bridgehead atoms. The lowest BCUT2D eigenvalue weighted by Crippen LogP contribution is -2.10. The van der Waals surface area contributed by atoms with Crippen LogP contribution in [0.2, 0.25) is 0 Å². The molecule has 26 rings (SSSR count). The van der Waals surface area contributed by atoms with Gasteiger partial charge in [0.2, 0.25) is 0 Å². The second kappa shape index (κ2) is 33.4. The first-order chi connectivity index (χ1) is 66.4. The van der Waals surface area contributed by atoms with Crippen LogP contribution in [0.4, 0.5) is 34.1 Å². The van der Waals surface area contributed by atoms with Gasteiger partial charge in [0, 0.05) is 67.0 Å². The number of anilines is 6. The number of hydrogen-bond acceptors (Lipinski definition) is 2. The Bertz CT molecular complexity index is 8830. The average Bonchev–Trinajstić information content (AvgIpc) is 1.50. The van der Waals surface area contributed by atoms with Crippen molar-refractivity contribution in [1.29, 1.82) is 0 Å². The van der Waals surface area contributed by atoms with Gasteiger partial charge < -0.3 is 18.9 Å². The lowest BCUT2D eigenvalue weighted by molar-refractivity contribution is 1.17. The first-order valence-corrected chi connectivity index (χ1v) is 46.1. The molecule has 0 amide bonds. The summed E-state index contributed by atoms with van der Waals surface area (Å²) in [5, 5.41) is 23.0. The topological polar surface area (TPSA) is 16.3 Å². The number of benzene rings is 24. The van der Waals surface area contributed by atoms with Crippen molar-refractivity contribution in [2.24, 2.45) is 0 Å². The number of fused-ring (bicyclic) bond motifs is 19. The van der Waals surface area contributed by atoms with E-state index in [-0.39, 0.29) is 0 Å². The van der Waals surface area contributed by atoms with Gasteiger partial charge >= 0.3 is 0 Å². The van der Waals surface area contributed by atoms with E-state index < -0.39 is 0 Å². The van der Waals surface area contributed by atoms with E-state index in [1.165, 1.54) is 197 Å². The fourth-order valence-corrected chi connectivity index (χ4v) is 20.8. The first-order valence-electron chi connectivity index (χ1n) is 46.1.